The standard InChI is InChI=1S/C22H28N4O2/c1-17-8-9-19(16-20(17)25-22(28)18-6-3-2-4-7-18)21(27)24-10-5-13-26-14-11-23-12-15-26/h2-4,6-9,16,23H,5,10-15H2,1H3,(H,24,27)(H,25,28). The van der Waals surface area contributed by atoms with Crippen LogP contribution in [0, 0.1) is 6.92 Å². The van der Waals surface area contributed by atoms with Gasteiger partial charge >= 0.3 is 0 Å². The first-order valence-electron chi connectivity index (χ1n) is 9.82. The number of nitrogens with one attached hydrogen (secondary N) is 3. The summed E-state index contributed by atoms with van der Waals surface area (Å²) in [6.45, 7) is 7.75. The third-order valence-corrected chi connectivity index (χ3v) is 4.93. The highest BCUT2D eigenvalue weighted by Gasteiger charge is 2.12. The first-order valence-corrected chi connectivity index (χ1v) is 9.82. The maximum absolute atomic E-state index is 12.5. The first kappa shape index (κ1) is 20.0. The van der Waals surface area contributed by atoms with Gasteiger partial charge in [-0.05, 0) is 49.7 Å². The number of rotatable bonds is 7. The molecule has 1 fully saturated rings. The van der Waals surface area contributed by atoms with Crippen LogP contribution in [-0.2, 0) is 0 Å². The van der Waals surface area contributed by atoms with Gasteiger partial charge in [-0.1, -0.05) is 24.3 Å². The maximum Gasteiger partial charge on any atom is 0.255 e. The number of carbonyl (C=O) groups excluding carboxylic acids is 2. The molecule has 2 aromatic rings. The van der Waals surface area contributed by atoms with Gasteiger partial charge in [-0.2, -0.15) is 0 Å². The Bertz CT molecular complexity index is 801. The Balaban J connectivity index is 1.53. The van der Waals surface area contributed by atoms with Crippen molar-refractivity contribution in [1.82, 2.24) is 15.5 Å². The van der Waals surface area contributed by atoms with E-state index in [9.17, 15) is 9.59 Å². The number of amides is 2. The number of piperazine rings is 1. The van der Waals surface area contributed by atoms with Gasteiger partial charge in [0.05, 0.1) is 0 Å². The van der Waals surface area contributed by atoms with Crippen LogP contribution in [-0.4, -0.2) is 56.0 Å². The molecule has 6 nitrogen and oxygen atoms in total. The van der Waals surface area contributed by atoms with E-state index in [-0.39, 0.29) is 11.8 Å². The number of anilines is 1. The lowest BCUT2D eigenvalue weighted by molar-refractivity contribution is 0.0950. The minimum absolute atomic E-state index is 0.115. The van der Waals surface area contributed by atoms with Crippen molar-refractivity contribution in [2.75, 3.05) is 44.6 Å². The molecule has 0 saturated carbocycles. The van der Waals surface area contributed by atoms with Crippen molar-refractivity contribution in [3.05, 3.63) is 65.2 Å². The van der Waals surface area contributed by atoms with Crippen LogP contribution < -0.4 is 16.0 Å². The fourth-order valence-electron chi connectivity index (χ4n) is 3.22. The molecule has 3 N–H and O–H groups in total. The number of hydrogen-bond acceptors (Lipinski definition) is 4. The van der Waals surface area contributed by atoms with Gasteiger partial charge in [-0.15, -0.1) is 0 Å². The van der Waals surface area contributed by atoms with Gasteiger partial charge in [0.1, 0.15) is 0 Å². The van der Waals surface area contributed by atoms with Crippen LogP contribution >= 0.6 is 0 Å². The minimum atomic E-state index is -0.183. The molecular weight excluding hydrogens is 352 g/mol. The average Bonchev–Trinajstić information content (AvgIpc) is 2.74. The van der Waals surface area contributed by atoms with Crippen molar-refractivity contribution in [1.29, 1.82) is 0 Å². The predicted octanol–water partition coefficient (Wildman–Crippen LogP) is 2.27. The molecule has 0 bridgehead atoms. The lowest BCUT2D eigenvalue weighted by Crippen LogP contribution is -2.44. The van der Waals surface area contributed by atoms with Crippen molar-refractivity contribution in [2.24, 2.45) is 0 Å². The minimum Gasteiger partial charge on any atom is -0.352 e. The van der Waals surface area contributed by atoms with Crippen LogP contribution in [0.15, 0.2) is 48.5 Å². The molecule has 0 aliphatic carbocycles. The molecule has 148 valence electrons. The smallest absolute Gasteiger partial charge is 0.255 e. The molecule has 0 atom stereocenters. The summed E-state index contributed by atoms with van der Waals surface area (Å²) in [5.41, 5.74) is 2.71. The zero-order chi connectivity index (χ0) is 19.8. The second-order valence-electron chi connectivity index (χ2n) is 7.05. The van der Waals surface area contributed by atoms with Crippen molar-refractivity contribution >= 4 is 17.5 Å². The highest BCUT2D eigenvalue weighted by atomic mass is 16.2. The number of hydrogen-bond donors (Lipinski definition) is 3. The molecule has 0 aromatic heterocycles. The normalized spacial score (nSPS) is 14.5. The van der Waals surface area contributed by atoms with Gasteiger partial charge in [0.25, 0.3) is 11.8 Å². The summed E-state index contributed by atoms with van der Waals surface area (Å²) in [6.07, 6.45) is 0.926. The zero-order valence-electron chi connectivity index (χ0n) is 16.3. The fraction of sp³-hybridized carbons (Fsp3) is 0.364. The molecule has 0 spiro atoms. The Morgan fingerprint density at radius 2 is 1.75 bits per heavy atom. The zero-order valence-corrected chi connectivity index (χ0v) is 16.3. The van der Waals surface area contributed by atoms with Crippen LogP contribution in [0.2, 0.25) is 0 Å². The maximum atomic E-state index is 12.5. The van der Waals surface area contributed by atoms with E-state index < -0.39 is 0 Å². The third-order valence-electron chi connectivity index (χ3n) is 4.93. The van der Waals surface area contributed by atoms with Crippen molar-refractivity contribution in [3.8, 4) is 0 Å². The Morgan fingerprint density at radius 1 is 1.00 bits per heavy atom. The molecule has 28 heavy (non-hydrogen) atoms. The molecule has 1 aliphatic heterocycles. The Kier molecular flexibility index (Phi) is 7.17. The molecule has 0 unspecified atom stereocenters. The molecule has 0 radical (unpaired) electrons. The molecule has 1 heterocycles. The van der Waals surface area contributed by atoms with E-state index in [0.717, 1.165) is 44.7 Å². The SMILES string of the molecule is Cc1ccc(C(=O)NCCCN2CCNCC2)cc1NC(=O)c1ccccc1. The molecular formula is C22H28N4O2. The summed E-state index contributed by atoms with van der Waals surface area (Å²) in [6, 6.07) is 14.4. The summed E-state index contributed by atoms with van der Waals surface area (Å²) in [7, 11) is 0. The van der Waals surface area contributed by atoms with Crippen LogP contribution in [0.25, 0.3) is 0 Å². The third kappa shape index (κ3) is 5.65. The summed E-state index contributed by atoms with van der Waals surface area (Å²) in [5, 5.41) is 9.21. The number of nitrogens with zero attached hydrogens (tertiary/aromatic N) is 1. The van der Waals surface area contributed by atoms with E-state index >= 15 is 0 Å². The second-order valence-corrected chi connectivity index (χ2v) is 7.05. The van der Waals surface area contributed by atoms with Crippen LogP contribution in [0.4, 0.5) is 5.69 Å². The van der Waals surface area contributed by atoms with Crippen LogP contribution in [0.3, 0.4) is 0 Å². The van der Waals surface area contributed by atoms with Crippen LogP contribution in [0.1, 0.15) is 32.7 Å². The lowest BCUT2D eigenvalue weighted by Gasteiger charge is -2.27. The summed E-state index contributed by atoms with van der Waals surface area (Å²) in [4.78, 5) is 27.3. The van der Waals surface area contributed by atoms with Crippen molar-refractivity contribution < 1.29 is 9.59 Å². The van der Waals surface area contributed by atoms with Gasteiger partial charge in [0, 0.05) is 49.5 Å². The topological polar surface area (TPSA) is 73.5 Å². The van der Waals surface area contributed by atoms with Gasteiger partial charge in [0.15, 0.2) is 0 Å². The number of benzene rings is 2. The quantitative estimate of drug-likeness (QED) is 0.645. The Hall–Kier alpha value is -2.70. The van der Waals surface area contributed by atoms with E-state index in [2.05, 4.69) is 20.9 Å². The van der Waals surface area contributed by atoms with Gasteiger partial charge < -0.3 is 20.9 Å². The van der Waals surface area contributed by atoms with E-state index in [1.165, 1.54) is 0 Å². The lowest BCUT2D eigenvalue weighted by atomic mass is 10.1. The highest BCUT2D eigenvalue weighted by Crippen LogP contribution is 2.18. The second kappa shape index (κ2) is 10.0. The number of aryl methyl sites for hydroxylation is 1. The molecule has 2 amide bonds. The van der Waals surface area contributed by atoms with E-state index in [4.69, 9.17) is 0 Å². The summed E-state index contributed by atoms with van der Waals surface area (Å²) >= 11 is 0. The van der Waals surface area contributed by atoms with Gasteiger partial charge in [0.2, 0.25) is 0 Å². The molecule has 3 rings (SSSR count). The van der Waals surface area contributed by atoms with E-state index in [1.807, 2.05) is 31.2 Å². The molecule has 1 saturated heterocycles. The number of carbonyl (C=O) groups is 2. The highest BCUT2D eigenvalue weighted by molar-refractivity contribution is 6.05. The predicted molar refractivity (Wildman–Crippen MR) is 112 cm³/mol. The Morgan fingerprint density at radius 3 is 2.50 bits per heavy atom. The molecule has 1 aliphatic rings. The Labute approximate surface area is 166 Å². The fourth-order valence-corrected chi connectivity index (χ4v) is 3.22. The van der Waals surface area contributed by atoms with Gasteiger partial charge in [-0.3, -0.25) is 9.59 Å². The van der Waals surface area contributed by atoms with Crippen molar-refractivity contribution in [3.63, 3.8) is 0 Å². The summed E-state index contributed by atoms with van der Waals surface area (Å²) in [5.74, 6) is -0.298. The van der Waals surface area contributed by atoms with Gasteiger partial charge in [-0.25, -0.2) is 0 Å². The van der Waals surface area contributed by atoms with Crippen LogP contribution in [0.5, 0.6) is 0 Å². The van der Waals surface area contributed by atoms with E-state index in [1.54, 1.807) is 24.3 Å². The van der Waals surface area contributed by atoms with E-state index in [0.29, 0.717) is 23.4 Å². The molecule has 2 aromatic carbocycles. The van der Waals surface area contributed by atoms with Crippen molar-refractivity contribution in [2.45, 2.75) is 13.3 Å². The first-order chi connectivity index (χ1) is 13.6. The largest absolute Gasteiger partial charge is 0.352 e. The summed E-state index contributed by atoms with van der Waals surface area (Å²) < 4.78 is 0. The monoisotopic (exact) mass is 380 g/mol. The molecule has 6 heteroatoms. The average molecular weight is 380 g/mol.